The number of carbonyl (C=O) groups is 3. The number of nitrogens with one attached hydrogen (secondary N) is 1. The quantitative estimate of drug-likeness (QED) is 0.743. The molecule has 3 amide bonds. The standard InChI is InChI=1S/C15H18FN3O5/c1-2-23-11-4-3-9(16)7-10(11)18-14(21)15(22)19-5-6-24-12(8-19)13(17)20/h3-4,7,12H,2,5-6,8H2,1H3,(H2,17,20)(H,18,21). The molecule has 1 unspecified atom stereocenters. The van der Waals surface area contributed by atoms with E-state index in [1.54, 1.807) is 6.92 Å². The van der Waals surface area contributed by atoms with E-state index in [1.807, 2.05) is 0 Å². The summed E-state index contributed by atoms with van der Waals surface area (Å²) in [5.74, 6) is -2.88. The lowest BCUT2D eigenvalue weighted by atomic mass is 10.2. The van der Waals surface area contributed by atoms with Gasteiger partial charge in [0.15, 0.2) is 6.10 Å². The van der Waals surface area contributed by atoms with Gasteiger partial charge in [-0.2, -0.15) is 0 Å². The number of morpholine rings is 1. The predicted molar refractivity (Wildman–Crippen MR) is 81.7 cm³/mol. The van der Waals surface area contributed by atoms with E-state index in [9.17, 15) is 18.8 Å². The lowest BCUT2D eigenvalue weighted by molar-refractivity contribution is -0.151. The number of primary amides is 1. The lowest BCUT2D eigenvalue weighted by Crippen LogP contribution is -2.52. The Morgan fingerprint density at radius 3 is 2.88 bits per heavy atom. The van der Waals surface area contributed by atoms with Gasteiger partial charge in [0.1, 0.15) is 11.6 Å². The molecule has 0 saturated carbocycles. The van der Waals surface area contributed by atoms with Crippen LogP contribution in [0.15, 0.2) is 18.2 Å². The molecule has 1 saturated heterocycles. The number of rotatable bonds is 4. The van der Waals surface area contributed by atoms with E-state index in [0.29, 0.717) is 6.61 Å². The van der Waals surface area contributed by atoms with Gasteiger partial charge in [-0.15, -0.1) is 0 Å². The number of carbonyl (C=O) groups excluding carboxylic acids is 3. The van der Waals surface area contributed by atoms with Crippen molar-refractivity contribution in [3.63, 3.8) is 0 Å². The van der Waals surface area contributed by atoms with Gasteiger partial charge in [-0.3, -0.25) is 14.4 Å². The topological polar surface area (TPSA) is 111 Å². The SMILES string of the molecule is CCOc1ccc(F)cc1NC(=O)C(=O)N1CCOC(C(N)=O)C1. The van der Waals surface area contributed by atoms with Gasteiger partial charge in [-0.25, -0.2) is 4.39 Å². The Morgan fingerprint density at radius 2 is 2.21 bits per heavy atom. The number of amides is 3. The zero-order chi connectivity index (χ0) is 17.7. The molecule has 8 nitrogen and oxygen atoms in total. The van der Waals surface area contributed by atoms with Crippen LogP contribution in [-0.4, -0.2) is 55.0 Å². The summed E-state index contributed by atoms with van der Waals surface area (Å²) in [4.78, 5) is 36.6. The number of nitrogens with zero attached hydrogens (tertiary/aromatic N) is 1. The molecular formula is C15H18FN3O5. The largest absolute Gasteiger partial charge is 0.492 e. The number of halogens is 1. The van der Waals surface area contributed by atoms with E-state index >= 15 is 0 Å². The molecule has 0 bridgehead atoms. The summed E-state index contributed by atoms with van der Waals surface area (Å²) < 4.78 is 23.8. The minimum absolute atomic E-state index is 0.0508. The fourth-order valence-electron chi connectivity index (χ4n) is 2.21. The zero-order valence-corrected chi connectivity index (χ0v) is 13.1. The highest BCUT2D eigenvalue weighted by atomic mass is 19.1. The Morgan fingerprint density at radius 1 is 1.46 bits per heavy atom. The second-order valence-electron chi connectivity index (χ2n) is 5.04. The summed E-state index contributed by atoms with van der Waals surface area (Å²) >= 11 is 0. The van der Waals surface area contributed by atoms with Gasteiger partial charge < -0.3 is 25.4 Å². The van der Waals surface area contributed by atoms with Crippen LogP contribution in [0, 0.1) is 5.82 Å². The summed E-state index contributed by atoms with van der Waals surface area (Å²) in [6.45, 7) is 2.18. The Bertz CT molecular complexity index is 652. The average Bonchev–Trinajstić information content (AvgIpc) is 2.56. The summed E-state index contributed by atoms with van der Waals surface area (Å²) in [7, 11) is 0. The summed E-state index contributed by atoms with van der Waals surface area (Å²) in [5.41, 5.74) is 5.19. The van der Waals surface area contributed by atoms with E-state index < -0.39 is 29.6 Å². The number of ether oxygens (including phenoxy) is 2. The van der Waals surface area contributed by atoms with Gasteiger partial charge in [0.2, 0.25) is 5.91 Å². The summed E-state index contributed by atoms with van der Waals surface area (Å²) in [5, 5.41) is 2.33. The third-order valence-electron chi connectivity index (χ3n) is 3.35. The highest BCUT2D eigenvalue weighted by molar-refractivity contribution is 6.39. The van der Waals surface area contributed by atoms with Crippen LogP contribution in [0.25, 0.3) is 0 Å². The number of nitrogens with two attached hydrogens (primary N) is 1. The molecule has 3 N–H and O–H groups in total. The number of hydrogen-bond acceptors (Lipinski definition) is 5. The Labute approximate surface area is 137 Å². The van der Waals surface area contributed by atoms with E-state index in [0.717, 1.165) is 11.0 Å². The molecule has 0 spiro atoms. The van der Waals surface area contributed by atoms with Crippen LogP contribution in [0.2, 0.25) is 0 Å². The minimum atomic E-state index is -0.966. The molecule has 1 aliphatic heterocycles. The summed E-state index contributed by atoms with van der Waals surface area (Å²) in [6.07, 6.45) is -0.955. The molecule has 9 heteroatoms. The molecule has 2 rings (SSSR count). The number of benzene rings is 1. The molecule has 1 aliphatic rings. The van der Waals surface area contributed by atoms with Gasteiger partial charge in [-0.05, 0) is 19.1 Å². The molecular weight excluding hydrogens is 321 g/mol. The first-order valence-electron chi connectivity index (χ1n) is 7.36. The number of hydrogen-bond donors (Lipinski definition) is 2. The van der Waals surface area contributed by atoms with Crippen molar-refractivity contribution in [1.82, 2.24) is 4.90 Å². The van der Waals surface area contributed by atoms with Gasteiger partial charge in [0, 0.05) is 12.6 Å². The van der Waals surface area contributed by atoms with Crippen molar-refractivity contribution in [2.45, 2.75) is 13.0 Å². The zero-order valence-electron chi connectivity index (χ0n) is 13.1. The molecule has 24 heavy (non-hydrogen) atoms. The molecule has 0 aliphatic carbocycles. The van der Waals surface area contributed by atoms with Crippen molar-refractivity contribution < 1.29 is 28.2 Å². The van der Waals surface area contributed by atoms with Crippen molar-refractivity contribution in [2.75, 3.05) is 31.6 Å². The third-order valence-corrected chi connectivity index (χ3v) is 3.35. The van der Waals surface area contributed by atoms with Crippen LogP contribution in [0.5, 0.6) is 5.75 Å². The van der Waals surface area contributed by atoms with Crippen LogP contribution >= 0.6 is 0 Å². The first kappa shape index (κ1) is 17.7. The molecule has 1 aromatic rings. The second-order valence-corrected chi connectivity index (χ2v) is 5.04. The Hall–Kier alpha value is -2.68. The van der Waals surface area contributed by atoms with Crippen molar-refractivity contribution in [3.8, 4) is 5.75 Å². The van der Waals surface area contributed by atoms with Crippen molar-refractivity contribution in [1.29, 1.82) is 0 Å². The molecule has 1 aromatic carbocycles. The van der Waals surface area contributed by atoms with Crippen LogP contribution in [0.4, 0.5) is 10.1 Å². The first-order chi connectivity index (χ1) is 11.4. The van der Waals surface area contributed by atoms with Crippen molar-refractivity contribution >= 4 is 23.4 Å². The number of anilines is 1. The normalized spacial score (nSPS) is 17.2. The maximum absolute atomic E-state index is 13.4. The van der Waals surface area contributed by atoms with E-state index in [4.69, 9.17) is 15.2 Å². The molecule has 1 fully saturated rings. The maximum atomic E-state index is 13.4. The van der Waals surface area contributed by atoms with Gasteiger partial charge in [0.25, 0.3) is 0 Å². The monoisotopic (exact) mass is 339 g/mol. The smallest absolute Gasteiger partial charge is 0.314 e. The second kappa shape index (κ2) is 7.73. The van der Waals surface area contributed by atoms with Gasteiger partial charge in [-0.1, -0.05) is 0 Å². The minimum Gasteiger partial charge on any atom is -0.492 e. The molecule has 0 radical (unpaired) electrons. The highest BCUT2D eigenvalue weighted by Crippen LogP contribution is 2.25. The van der Waals surface area contributed by atoms with Crippen molar-refractivity contribution in [3.05, 3.63) is 24.0 Å². The molecule has 1 heterocycles. The highest BCUT2D eigenvalue weighted by Gasteiger charge is 2.31. The van der Waals surface area contributed by atoms with Crippen LogP contribution < -0.4 is 15.8 Å². The lowest BCUT2D eigenvalue weighted by Gasteiger charge is -2.30. The van der Waals surface area contributed by atoms with Crippen molar-refractivity contribution in [2.24, 2.45) is 5.73 Å². The first-order valence-corrected chi connectivity index (χ1v) is 7.36. The molecule has 130 valence electrons. The molecule has 1 atom stereocenters. The molecule has 0 aromatic heterocycles. The van der Waals surface area contributed by atoms with E-state index in [-0.39, 0.29) is 31.1 Å². The van der Waals surface area contributed by atoms with E-state index in [2.05, 4.69) is 5.32 Å². The predicted octanol–water partition coefficient (Wildman–Crippen LogP) is -0.124. The van der Waals surface area contributed by atoms with Crippen LogP contribution in [0.3, 0.4) is 0 Å². The van der Waals surface area contributed by atoms with E-state index in [1.165, 1.54) is 12.1 Å². The fraction of sp³-hybridized carbons (Fsp3) is 0.400. The Balaban J connectivity index is 2.08. The third kappa shape index (κ3) is 4.19. The van der Waals surface area contributed by atoms with Gasteiger partial charge in [0.05, 0.1) is 25.4 Å². The fourth-order valence-corrected chi connectivity index (χ4v) is 2.21. The maximum Gasteiger partial charge on any atom is 0.314 e. The van der Waals surface area contributed by atoms with Gasteiger partial charge >= 0.3 is 11.8 Å². The Kier molecular flexibility index (Phi) is 5.69. The average molecular weight is 339 g/mol. The van der Waals surface area contributed by atoms with Crippen LogP contribution in [0.1, 0.15) is 6.92 Å². The van der Waals surface area contributed by atoms with Crippen LogP contribution in [-0.2, 0) is 19.1 Å². The summed E-state index contributed by atoms with van der Waals surface area (Å²) in [6, 6.07) is 3.60.